The fourth-order valence-electron chi connectivity index (χ4n) is 1.93. The molecule has 4 N–H and O–H groups in total. The number of aliphatic carboxylic acids is 3. The van der Waals surface area contributed by atoms with Crippen molar-refractivity contribution in [1.82, 2.24) is 0 Å². The molecule has 2 aromatic rings. The molecule has 7 heteroatoms. The number of hydrogen-bond acceptors (Lipinski definition) is 4. The normalized spacial score (nSPS) is 10.0. The average molecular weight is 483 g/mol. The van der Waals surface area contributed by atoms with Crippen molar-refractivity contribution < 1.29 is 34.8 Å². The van der Waals surface area contributed by atoms with Crippen LogP contribution in [0, 0.1) is 0 Å². The summed E-state index contributed by atoms with van der Waals surface area (Å²) in [5.41, 5.74) is 2.98. The van der Waals surface area contributed by atoms with Crippen molar-refractivity contribution in [3.63, 3.8) is 0 Å². The summed E-state index contributed by atoms with van der Waals surface area (Å²) in [4.78, 5) is 29.8. The molecule has 0 saturated carbocycles. The van der Waals surface area contributed by atoms with E-state index in [2.05, 4.69) is 13.2 Å². The van der Waals surface area contributed by atoms with Gasteiger partial charge in [-0.15, -0.1) is 0 Å². The Balaban J connectivity index is 0. The fourth-order valence-corrected chi connectivity index (χ4v) is 1.93. The Kier molecular flexibility index (Phi) is 20.3. The van der Waals surface area contributed by atoms with Gasteiger partial charge in [-0.2, -0.15) is 0 Å². The standard InChI is InChI=1S/C11H12O2.C8H8.C6H10O3.C3H4O2/c1-9(11(12)13)7-8-10-5-3-2-4-6-10;1-2-8-6-4-3-5-7-8;1-5(6(8)9)3-2-4-7;1-2-3(4)5/h2-7H,8H2,1H3,(H,12,13);2-7H,1H2;3,7H,2,4H2,1H3,(H,8,9);2H,1H2,(H,4,5)/b9-7+;;5-3+;. The molecule has 188 valence electrons. The first kappa shape index (κ1) is 32.9. The highest BCUT2D eigenvalue weighted by molar-refractivity contribution is 5.86. The van der Waals surface area contributed by atoms with Crippen LogP contribution in [0.2, 0.25) is 0 Å². The van der Waals surface area contributed by atoms with Crippen LogP contribution in [0.15, 0.2) is 103 Å². The molecule has 0 heterocycles. The van der Waals surface area contributed by atoms with Crippen LogP contribution in [0.25, 0.3) is 6.08 Å². The lowest BCUT2D eigenvalue weighted by molar-refractivity contribution is -0.133. The van der Waals surface area contributed by atoms with E-state index < -0.39 is 17.9 Å². The van der Waals surface area contributed by atoms with Crippen LogP contribution >= 0.6 is 0 Å². The summed E-state index contributed by atoms with van der Waals surface area (Å²) in [6.45, 7) is 9.70. The average Bonchev–Trinajstić information content (AvgIpc) is 2.87. The Morgan fingerprint density at radius 3 is 1.54 bits per heavy atom. The second kappa shape index (κ2) is 21.6. The highest BCUT2D eigenvalue weighted by atomic mass is 16.4. The summed E-state index contributed by atoms with van der Waals surface area (Å²) >= 11 is 0. The van der Waals surface area contributed by atoms with Gasteiger partial charge in [-0.1, -0.05) is 92.0 Å². The lowest BCUT2D eigenvalue weighted by Crippen LogP contribution is -1.96. The first-order chi connectivity index (χ1) is 16.6. The molecule has 0 aromatic heterocycles. The molecular formula is C28H34O7. The molecular weight excluding hydrogens is 448 g/mol. The highest BCUT2D eigenvalue weighted by Crippen LogP contribution is 2.03. The van der Waals surface area contributed by atoms with E-state index in [0.717, 1.165) is 11.6 Å². The van der Waals surface area contributed by atoms with Crippen LogP contribution < -0.4 is 0 Å². The minimum absolute atomic E-state index is 0.00458. The second-order valence-electron chi connectivity index (χ2n) is 6.74. The van der Waals surface area contributed by atoms with E-state index in [9.17, 15) is 14.4 Å². The highest BCUT2D eigenvalue weighted by Gasteiger charge is 1.98. The lowest BCUT2D eigenvalue weighted by atomic mass is 10.1. The van der Waals surface area contributed by atoms with Crippen molar-refractivity contribution in [3.8, 4) is 0 Å². The minimum Gasteiger partial charge on any atom is -0.478 e. The first-order valence-corrected chi connectivity index (χ1v) is 10.6. The number of aliphatic hydroxyl groups excluding tert-OH is 1. The summed E-state index contributed by atoms with van der Waals surface area (Å²) < 4.78 is 0. The van der Waals surface area contributed by atoms with Crippen LogP contribution in [-0.4, -0.2) is 44.9 Å². The van der Waals surface area contributed by atoms with Crippen LogP contribution in [0.5, 0.6) is 0 Å². The van der Waals surface area contributed by atoms with Gasteiger partial charge in [0.2, 0.25) is 0 Å². The molecule has 0 spiro atoms. The summed E-state index contributed by atoms with van der Waals surface area (Å²) in [7, 11) is 0. The van der Waals surface area contributed by atoms with E-state index in [1.54, 1.807) is 13.0 Å². The predicted molar refractivity (Wildman–Crippen MR) is 139 cm³/mol. The maximum Gasteiger partial charge on any atom is 0.330 e. The van der Waals surface area contributed by atoms with E-state index in [-0.39, 0.29) is 12.2 Å². The third kappa shape index (κ3) is 21.4. The summed E-state index contributed by atoms with van der Waals surface area (Å²) in [6.07, 6.45) is 6.97. The zero-order valence-corrected chi connectivity index (χ0v) is 20.1. The summed E-state index contributed by atoms with van der Waals surface area (Å²) in [5.74, 6) is -2.76. The summed E-state index contributed by atoms with van der Waals surface area (Å²) in [6, 6.07) is 19.8. The SMILES string of the molecule is C/C(=C\CCO)C(=O)O.C/C(=C\Cc1ccccc1)C(=O)O.C=CC(=O)O.C=Cc1ccccc1. The number of allylic oxidation sites excluding steroid dienone is 1. The van der Waals surface area contributed by atoms with Crippen molar-refractivity contribution in [2.45, 2.75) is 26.7 Å². The molecule has 0 aliphatic rings. The van der Waals surface area contributed by atoms with Crippen molar-refractivity contribution in [2.24, 2.45) is 0 Å². The Labute approximate surface area is 206 Å². The van der Waals surface area contributed by atoms with Gasteiger partial charge in [-0.3, -0.25) is 0 Å². The molecule has 0 unspecified atom stereocenters. The Morgan fingerprint density at radius 2 is 1.20 bits per heavy atom. The largest absolute Gasteiger partial charge is 0.478 e. The minimum atomic E-state index is -0.981. The van der Waals surface area contributed by atoms with Crippen LogP contribution in [-0.2, 0) is 20.8 Å². The van der Waals surface area contributed by atoms with Crippen molar-refractivity contribution >= 4 is 24.0 Å². The molecule has 0 aliphatic heterocycles. The molecule has 0 amide bonds. The zero-order valence-electron chi connectivity index (χ0n) is 20.1. The van der Waals surface area contributed by atoms with Gasteiger partial charge in [-0.05, 0) is 37.8 Å². The molecule has 0 saturated heterocycles. The fraction of sp³-hybridized carbons (Fsp3) is 0.179. The molecule has 0 fully saturated rings. The maximum atomic E-state index is 10.5. The lowest BCUT2D eigenvalue weighted by Gasteiger charge is -1.95. The first-order valence-electron chi connectivity index (χ1n) is 10.6. The Bertz CT molecular complexity index is 959. The predicted octanol–water partition coefficient (Wildman–Crippen LogP) is 5.25. The smallest absolute Gasteiger partial charge is 0.330 e. The number of benzene rings is 2. The van der Waals surface area contributed by atoms with Gasteiger partial charge in [0.25, 0.3) is 0 Å². The third-order valence-electron chi connectivity index (χ3n) is 3.95. The van der Waals surface area contributed by atoms with Crippen LogP contribution in [0.1, 0.15) is 31.4 Å². The van der Waals surface area contributed by atoms with Gasteiger partial charge in [-0.25, -0.2) is 14.4 Å². The molecule has 0 aliphatic carbocycles. The number of rotatable bonds is 8. The van der Waals surface area contributed by atoms with Crippen LogP contribution in [0.3, 0.4) is 0 Å². The monoisotopic (exact) mass is 482 g/mol. The van der Waals surface area contributed by atoms with Gasteiger partial charge >= 0.3 is 17.9 Å². The van der Waals surface area contributed by atoms with Gasteiger partial charge in [0.1, 0.15) is 0 Å². The quantitative estimate of drug-likeness (QED) is 0.378. The molecule has 2 aromatic carbocycles. The molecule has 0 bridgehead atoms. The van der Waals surface area contributed by atoms with E-state index >= 15 is 0 Å². The Morgan fingerprint density at radius 1 is 0.771 bits per heavy atom. The van der Waals surface area contributed by atoms with Crippen molar-refractivity contribution in [2.75, 3.05) is 6.61 Å². The maximum absolute atomic E-state index is 10.5. The van der Waals surface area contributed by atoms with Gasteiger partial charge < -0.3 is 20.4 Å². The number of carboxylic acids is 3. The van der Waals surface area contributed by atoms with E-state index in [1.807, 2.05) is 66.7 Å². The Hall–Kier alpha value is -4.23. The number of hydrogen-bond donors (Lipinski definition) is 4. The molecule has 35 heavy (non-hydrogen) atoms. The number of aliphatic hydroxyl groups is 1. The molecule has 7 nitrogen and oxygen atoms in total. The van der Waals surface area contributed by atoms with Crippen LogP contribution in [0.4, 0.5) is 0 Å². The number of carbonyl (C=O) groups is 3. The van der Waals surface area contributed by atoms with E-state index in [0.29, 0.717) is 18.4 Å². The molecule has 0 radical (unpaired) electrons. The van der Waals surface area contributed by atoms with Gasteiger partial charge in [0, 0.05) is 23.8 Å². The van der Waals surface area contributed by atoms with E-state index in [4.69, 9.17) is 20.4 Å². The van der Waals surface area contributed by atoms with Gasteiger partial charge in [0.05, 0.1) is 0 Å². The second-order valence-corrected chi connectivity index (χ2v) is 6.74. The van der Waals surface area contributed by atoms with Crippen molar-refractivity contribution in [1.29, 1.82) is 0 Å². The topological polar surface area (TPSA) is 132 Å². The van der Waals surface area contributed by atoms with E-state index in [1.165, 1.54) is 18.6 Å². The number of carboxylic acid groups (broad SMARTS) is 3. The molecule has 2 rings (SSSR count). The zero-order chi connectivity index (χ0) is 27.1. The summed E-state index contributed by atoms with van der Waals surface area (Å²) in [5, 5.41) is 32.7. The molecule has 0 atom stereocenters. The van der Waals surface area contributed by atoms with Gasteiger partial charge in [0.15, 0.2) is 0 Å². The van der Waals surface area contributed by atoms with Crippen molar-refractivity contribution in [3.05, 3.63) is 114 Å². The third-order valence-corrected chi connectivity index (χ3v) is 3.95.